The highest BCUT2D eigenvalue weighted by atomic mass is 35.5. The number of anilines is 2. The standard InChI is InChI=1S/C12H18ClN5O2/c1-2-3-15-12(19)8-6-20-5-4-18(8)11-9(13)10(14)16-7-17-11/h7-8H,2-6H2,1H3,(H,15,19)(H2,14,16,17). The third-order valence-corrected chi connectivity index (χ3v) is 3.41. The molecule has 7 nitrogen and oxygen atoms in total. The molecule has 0 bridgehead atoms. The Hall–Kier alpha value is -1.60. The highest BCUT2D eigenvalue weighted by Crippen LogP contribution is 2.29. The van der Waals surface area contributed by atoms with E-state index in [1.165, 1.54) is 6.33 Å². The van der Waals surface area contributed by atoms with Gasteiger partial charge in [-0.1, -0.05) is 18.5 Å². The molecule has 1 amide bonds. The third-order valence-electron chi connectivity index (χ3n) is 3.05. The van der Waals surface area contributed by atoms with Crippen molar-refractivity contribution >= 4 is 29.1 Å². The summed E-state index contributed by atoms with van der Waals surface area (Å²) in [5.74, 6) is 0.579. The first-order chi connectivity index (χ1) is 9.65. The summed E-state index contributed by atoms with van der Waals surface area (Å²) in [6.07, 6.45) is 2.22. The van der Waals surface area contributed by atoms with Gasteiger partial charge in [0.1, 0.15) is 23.2 Å². The van der Waals surface area contributed by atoms with Crippen molar-refractivity contribution in [3.8, 4) is 0 Å². The minimum atomic E-state index is -0.456. The molecule has 3 N–H and O–H groups in total. The van der Waals surface area contributed by atoms with Gasteiger partial charge < -0.3 is 20.7 Å². The lowest BCUT2D eigenvalue weighted by molar-refractivity contribution is -0.124. The number of nitrogen functional groups attached to an aromatic ring is 1. The van der Waals surface area contributed by atoms with Crippen LogP contribution in [0.2, 0.25) is 5.02 Å². The molecule has 0 aliphatic carbocycles. The summed E-state index contributed by atoms with van der Waals surface area (Å²) in [7, 11) is 0. The molecule has 1 unspecified atom stereocenters. The van der Waals surface area contributed by atoms with Gasteiger partial charge in [0.25, 0.3) is 0 Å². The van der Waals surface area contributed by atoms with Gasteiger partial charge in [-0.05, 0) is 6.42 Å². The van der Waals surface area contributed by atoms with E-state index in [9.17, 15) is 4.79 Å². The molecule has 0 spiro atoms. The number of nitrogens with one attached hydrogen (secondary N) is 1. The Morgan fingerprint density at radius 3 is 3.20 bits per heavy atom. The van der Waals surface area contributed by atoms with E-state index in [1.807, 2.05) is 11.8 Å². The van der Waals surface area contributed by atoms with Crippen molar-refractivity contribution in [3.63, 3.8) is 0 Å². The van der Waals surface area contributed by atoms with Crippen LogP contribution in [0.3, 0.4) is 0 Å². The Morgan fingerprint density at radius 1 is 1.65 bits per heavy atom. The zero-order valence-electron chi connectivity index (χ0n) is 11.3. The molecule has 8 heteroatoms. The molecule has 1 fully saturated rings. The second-order valence-electron chi connectivity index (χ2n) is 4.47. The highest BCUT2D eigenvalue weighted by Gasteiger charge is 2.31. The molecular formula is C12H18ClN5O2. The number of ether oxygens (including phenoxy) is 1. The number of carbonyl (C=O) groups is 1. The molecule has 1 aliphatic rings. The Balaban J connectivity index is 2.22. The van der Waals surface area contributed by atoms with Gasteiger partial charge in [-0.2, -0.15) is 0 Å². The molecule has 0 aromatic carbocycles. The average Bonchev–Trinajstić information content (AvgIpc) is 2.47. The maximum atomic E-state index is 12.2. The van der Waals surface area contributed by atoms with Crippen molar-refractivity contribution in [2.45, 2.75) is 19.4 Å². The number of hydrogen-bond acceptors (Lipinski definition) is 6. The van der Waals surface area contributed by atoms with Gasteiger partial charge in [-0.15, -0.1) is 0 Å². The van der Waals surface area contributed by atoms with Crippen LogP contribution in [-0.4, -0.2) is 48.2 Å². The Kier molecular flexibility index (Phi) is 4.97. The van der Waals surface area contributed by atoms with E-state index < -0.39 is 6.04 Å². The van der Waals surface area contributed by atoms with E-state index in [4.69, 9.17) is 22.1 Å². The van der Waals surface area contributed by atoms with Crippen LogP contribution in [-0.2, 0) is 9.53 Å². The lowest BCUT2D eigenvalue weighted by Gasteiger charge is -2.35. The SMILES string of the molecule is CCCNC(=O)C1COCCN1c1ncnc(N)c1Cl. The summed E-state index contributed by atoms with van der Waals surface area (Å²) in [6.45, 7) is 3.97. The summed E-state index contributed by atoms with van der Waals surface area (Å²) in [6, 6.07) is -0.456. The highest BCUT2D eigenvalue weighted by molar-refractivity contribution is 6.35. The molecule has 110 valence electrons. The first kappa shape index (κ1) is 14.8. The quantitative estimate of drug-likeness (QED) is 0.838. The van der Waals surface area contributed by atoms with Crippen LogP contribution in [0.1, 0.15) is 13.3 Å². The molecule has 1 saturated heterocycles. The maximum Gasteiger partial charge on any atom is 0.245 e. The van der Waals surface area contributed by atoms with Crippen LogP contribution in [0.5, 0.6) is 0 Å². The van der Waals surface area contributed by atoms with Crippen molar-refractivity contribution < 1.29 is 9.53 Å². The summed E-state index contributed by atoms with van der Waals surface area (Å²) in [5.41, 5.74) is 5.69. The van der Waals surface area contributed by atoms with Gasteiger partial charge in [0.2, 0.25) is 5.91 Å². The van der Waals surface area contributed by atoms with Crippen molar-refractivity contribution in [3.05, 3.63) is 11.3 Å². The number of halogens is 1. The van der Waals surface area contributed by atoms with Crippen LogP contribution in [0.4, 0.5) is 11.6 Å². The topological polar surface area (TPSA) is 93.4 Å². The molecule has 1 aliphatic heterocycles. The minimum absolute atomic E-state index is 0.0974. The number of rotatable bonds is 4. The van der Waals surface area contributed by atoms with Crippen LogP contribution < -0.4 is 16.0 Å². The van der Waals surface area contributed by atoms with E-state index in [1.54, 1.807) is 0 Å². The van der Waals surface area contributed by atoms with Gasteiger partial charge in [0, 0.05) is 13.1 Å². The summed E-state index contributed by atoms with van der Waals surface area (Å²) in [5, 5.41) is 3.12. The second kappa shape index (κ2) is 6.71. The number of hydrogen-bond donors (Lipinski definition) is 2. The van der Waals surface area contributed by atoms with Crippen molar-refractivity contribution in [1.82, 2.24) is 15.3 Å². The van der Waals surface area contributed by atoms with Crippen LogP contribution in [0.25, 0.3) is 0 Å². The predicted octanol–water partition coefficient (Wildman–Crippen LogP) is 0.444. The van der Waals surface area contributed by atoms with Gasteiger partial charge in [0.15, 0.2) is 5.82 Å². The Bertz CT molecular complexity index is 485. The fourth-order valence-electron chi connectivity index (χ4n) is 2.01. The molecule has 1 atom stereocenters. The number of nitrogens with two attached hydrogens (primary N) is 1. The Labute approximate surface area is 122 Å². The van der Waals surface area contributed by atoms with Gasteiger partial charge in [-0.3, -0.25) is 4.79 Å². The van der Waals surface area contributed by atoms with Gasteiger partial charge in [-0.25, -0.2) is 9.97 Å². The smallest absolute Gasteiger partial charge is 0.245 e. The molecule has 0 radical (unpaired) electrons. The zero-order chi connectivity index (χ0) is 14.5. The Morgan fingerprint density at radius 2 is 2.45 bits per heavy atom. The van der Waals surface area contributed by atoms with Crippen LogP contribution >= 0.6 is 11.6 Å². The summed E-state index contributed by atoms with van der Waals surface area (Å²) < 4.78 is 5.38. The molecule has 2 rings (SSSR count). The monoisotopic (exact) mass is 299 g/mol. The molecule has 20 heavy (non-hydrogen) atoms. The second-order valence-corrected chi connectivity index (χ2v) is 4.85. The summed E-state index contributed by atoms with van der Waals surface area (Å²) in [4.78, 5) is 22.0. The van der Waals surface area contributed by atoms with Gasteiger partial charge >= 0.3 is 0 Å². The molecule has 1 aromatic heterocycles. The van der Waals surface area contributed by atoms with Crippen molar-refractivity contribution in [2.75, 3.05) is 36.9 Å². The number of carbonyl (C=O) groups excluding carboxylic acids is 1. The van der Waals surface area contributed by atoms with E-state index in [2.05, 4.69) is 15.3 Å². The molecule has 1 aromatic rings. The summed E-state index contributed by atoms with van der Waals surface area (Å²) >= 11 is 6.14. The minimum Gasteiger partial charge on any atom is -0.382 e. The average molecular weight is 300 g/mol. The largest absolute Gasteiger partial charge is 0.382 e. The van der Waals surface area contributed by atoms with Crippen molar-refractivity contribution in [2.24, 2.45) is 0 Å². The normalized spacial score (nSPS) is 18.9. The van der Waals surface area contributed by atoms with E-state index in [0.717, 1.165) is 6.42 Å². The molecule has 0 saturated carbocycles. The first-order valence-corrected chi connectivity index (χ1v) is 6.91. The lowest BCUT2D eigenvalue weighted by Crippen LogP contribution is -2.54. The fourth-order valence-corrected chi connectivity index (χ4v) is 2.22. The van der Waals surface area contributed by atoms with Crippen LogP contribution in [0, 0.1) is 0 Å². The van der Waals surface area contributed by atoms with E-state index in [0.29, 0.717) is 32.1 Å². The predicted molar refractivity (Wildman–Crippen MR) is 76.7 cm³/mol. The number of morpholine rings is 1. The number of amides is 1. The lowest BCUT2D eigenvalue weighted by atomic mass is 10.2. The van der Waals surface area contributed by atoms with Gasteiger partial charge in [0.05, 0.1) is 13.2 Å². The fraction of sp³-hybridized carbons (Fsp3) is 0.583. The maximum absolute atomic E-state index is 12.2. The van der Waals surface area contributed by atoms with Crippen molar-refractivity contribution in [1.29, 1.82) is 0 Å². The number of aromatic nitrogens is 2. The van der Waals surface area contributed by atoms with Crippen LogP contribution in [0.15, 0.2) is 6.33 Å². The first-order valence-electron chi connectivity index (χ1n) is 6.53. The third kappa shape index (κ3) is 3.10. The molecular weight excluding hydrogens is 282 g/mol. The number of nitrogens with zero attached hydrogens (tertiary/aromatic N) is 3. The molecule has 2 heterocycles. The zero-order valence-corrected chi connectivity index (χ0v) is 12.1. The van der Waals surface area contributed by atoms with E-state index in [-0.39, 0.29) is 16.7 Å². The van der Waals surface area contributed by atoms with E-state index >= 15 is 0 Å².